The Kier molecular flexibility index (Phi) is 5.43. The van der Waals surface area contributed by atoms with Gasteiger partial charge in [0.15, 0.2) is 0 Å². The molecule has 4 aromatic rings. The van der Waals surface area contributed by atoms with Gasteiger partial charge in [0, 0.05) is 26.3 Å². The molecule has 0 unspecified atom stereocenters. The van der Waals surface area contributed by atoms with Gasteiger partial charge in [0.1, 0.15) is 0 Å². The summed E-state index contributed by atoms with van der Waals surface area (Å²) >= 11 is 0. The number of fused-ring (bicyclic) bond motifs is 1. The fraction of sp³-hybridized carbons (Fsp3) is 0.333. The van der Waals surface area contributed by atoms with Crippen molar-refractivity contribution in [1.82, 2.24) is 19.0 Å². The quantitative estimate of drug-likeness (QED) is 0.472. The molecule has 0 spiro atoms. The second-order valence-electron chi connectivity index (χ2n) is 9.06. The van der Waals surface area contributed by atoms with E-state index in [0.717, 1.165) is 42.7 Å². The van der Waals surface area contributed by atoms with E-state index in [2.05, 4.69) is 72.5 Å². The highest BCUT2D eigenvalue weighted by molar-refractivity contribution is 5.76. The van der Waals surface area contributed by atoms with E-state index in [-0.39, 0.29) is 5.69 Å². The summed E-state index contributed by atoms with van der Waals surface area (Å²) in [6.07, 6.45) is 3.25. The summed E-state index contributed by atoms with van der Waals surface area (Å²) in [4.78, 5) is 19.8. The molecule has 1 aliphatic heterocycles. The minimum atomic E-state index is 0.0195. The number of hydrogen-bond acceptors (Lipinski definition) is 3. The van der Waals surface area contributed by atoms with Crippen LogP contribution < -0.4 is 5.69 Å². The Hall–Kier alpha value is -3.18. The summed E-state index contributed by atoms with van der Waals surface area (Å²) in [5.41, 5.74) is 8.14. The molecular weight excluding hydrogens is 396 g/mol. The summed E-state index contributed by atoms with van der Waals surface area (Å²) in [7, 11) is 3.68. The minimum Gasteiger partial charge on any atom is -0.295 e. The third-order valence-electron chi connectivity index (χ3n) is 6.71. The number of imidazole rings is 1. The molecule has 0 N–H and O–H groups in total. The van der Waals surface area contributed by atoms with Gasteiger partial charge in [-0.3, -0.25) is 19.0 Å². The van der Waals surface area contributed by atoms with Crippen LogP contribution in [0.1, 0.15) is 47.0 Å². The maximum absolute atomic E-state index is 12.3. The summed E-state index contributed by atoms with van der Waals surface area (Å²) in [5.74, 6) is 0. The lowest BCUT2D eigenvalue weighted by molar-refractivity contribution is 0.244. The van der Waals surface area contributed by atoms with Crippen LogP contribution in [0.5, 0.6) is 0 Å². The van der Waals surface area contributed by atoms with E-state index < -0.39 is 0 Å². The van der Waals surface area contributed by atoms with Gasteiger partial charge in [0.25, 0.3) is 0 Å². The zero-order valence-electron chi connectivity index (χ0n) is 19.1. The van der Waals surface area contributed by atoms with Gasteiger partial charge in [0.05, 0.1) is 22.8 Å². The standard InChI is InChI=1S/C27H30N4O/c1-19-14-22(15-20-8-5-4-6-9-20)16-23(28-19)24-10-7-13-31(24)18-21-11-12-25-26(17-21)30(3)27(32)29(25)2/h4-6,8-9,11-12,14,16-17,24H,7,10,13,15,18H2,1-3H3/t24-/m1/s1. The molecule has 164 valence electrons. The number of benzene rings is 2. The first-order chi connectivity index (χ1) is 15.5. The van der Waals surface area contributed by atoms with Crippen LogP contribution in [0.2, 0.25) is 0 Å². The first kappa shape index (κ1) is 20.7. The van der Waals surface area contributed by atoms with Crippen molar-refractivity contribution in [3.8, 4) is 0 Å². The van der Waals surface area contributed by atoms with Crippen LogP contribution in [0, 0.1) is 6.92 Å². The molecule has 0 amide bonds. The topological polar surface area (TPSA) is 43.1 Å². The molecule has 0 bridgehead atoms. The number of rotatable bonds is 5. The Morgan fingerprint density at radius 2 is 1.69 bits per heavy atom. The predicted octanol–water partition coefficient (Wildman–Crippen LogP) is 4.51. The van der Waals surface area contributed by atoms with Gasteiger partial charge in [-0.1, -0.05) is 36.4 Å². The van der Waals surface area contributed by atoms with Crippen LogP contribution in [0.4, 0.5) is 0 Å². The van der Waals surface area contributed by atoms with Crippen LogP contribution in [0.25, 0.3) is 11.0 Å². The van der Waals surface area contributed by atoms with Gasteiger partial charge < -0.3 is 0 Å². The number of nitrogens with zero attached hydrogens (tertiary/aromatic N) is 4. The van der Waals surface area contributed by atoms with E-state index in [9.17, 15) is 4.79 Å². The number of likely N-dealkylation sites (tertiary alicyclic amines) is 1. The Bertz CT molecular complexity index is 1320. The van der Waals surface area contributed by atoms with Gasteiger partial charge in [-0.25, -0.2) is 4.79 Å². The summed E-state index contributed by atoms with van der Waals surface area (Å²) < 4.78 is 3.45. The smallest absolute Gasteiger partial charge is 0.295 e. The van der Waals surface area contributed by atoms with Gasteiger partial charge in [-0.15, -0.1) is 0 Å². The number of hydrogen-bond donors (Lipinski definition) is 0. The van der Waals surface area contributed by atoms with Crippen molar-refractivity contribution >= 4 is 11.0 Å². The minimum absolute atomic E-state index is 0.0195. The van der Waals surface area contributed by atoms with E-state index in [1.54, 1.807) is 9.13 Å². The van der Waals surface area contributed by atoms with Crippen molar-refractivity contribution in [2.24, 2.45) is 14.1 Å². The Morgan fingerprint density at radius 1 is 0.906 bits per heavy atom. The van der Waals surface area contributed by atoms with Crippen LogP contribution in [0.3, 0.4) is 0 Å². The summed E-state index contributed by atoms with van der Waals surface area (Å²) in [6, 6.07) is 21.9. The average Bonchev–Trinajstić information content (AvgIpc) is 3.33. The van der Waals surface area contributed by atoms with Crippen LogP contribution in [0.15, 0.2) is 65.5 Å². The maximum Gasteiger partial charge on any atom is 0.328 e. The van der Waals surface area contributed by atoms with E-state index in [4.69, 9.17) is 4.98 Å². The zero-order chi connectivity index (χ0) is 22.2. The fourth-order valence-corrected chi connectivity index (χ4v) is 5.11. The van der Waals surface area contributed by atoms with Crippen molar-refractivity contribution in [1.29, 1.82) is 0 Å². The molecule has 32 heavy (non-hydrogen) atoms. The summed E-state index contributed by atoms with van der Waals surface area (Å²) in [5, 5.41) is 0. The molecule has 1 fully saturated rings. The third kappa shape index (κ3) is 3.89. The molecule has 1 saturated heterocycles. The van der Waals surface area contributed by atoms with Crippen LogP contribution >= 0.6 is 0 Å². The number of aromatic nitrogens is 3. The second-order valence-corrected chi connectivity index (χ2v) is 9.06. The number of aryl methyl sites for hydroxylation is 3. The largest absolute Gasteiger partial charge is 0.328 e. The van der Waals surface area contributed by atoms with Gasteiger partial charge in [0.2, 0.25) is 0 Å². The zero-order valence-corrected chi connectivity index (χ0v) is 19.1. The SMILES string of the molecule is Cc1cc(Cc2ccccc2)cc([C@H]2CCCN2Cc2ccc3c(c2)n(C)c(=O)n3C)n1. The fourth-order valence-electron chi connectivity index (χ4n) is 5.11. The molecule has 0 radical (unpaired) electrons. The van der Waals surface area contributed by atoms with Crippen molar-refractivity contribution in [3.05, 3.63) is 99.2 Å². The highest BCUT2D eigenvalue weighted by atomic mass is 16.1. The molecule has 2 aromatic heterocycles. The Labute approximate surface area is 188 Å². The van der Waals surface area contributed by atoms with Crippen LogP contribution in [-0.4, -0.2) is 25.6 Å². The lowest BCUT2D eigenvalue weighted by atomic mass is 10.0. The second kappa shape index (κ2) is 8.40. The van der Waals surface area contributed by atoms with Crippen molar-refractivity contribution < 1.29 is 0 Å². The molecule has 0 aliphatic carbocycles. The van der Waals surface area contributed by atoms with Gasteiger partial charge in [-0.05, 0) is 73.7 Å². The lowest BCUT2D eigenvalue weighted by Gasteiger charge is -2.25. The molecule has 2 aromatic carbocycles. The van der Waals surface area contributed by atoms with Gasteiger partial charge >= 0.3 is 5.69 Å². The average molecular weight is 427 g/mol. The van der Waals surface area contributed by atoms with Crippen LogP contribution in [-0.2, 0) is 27.1 Å². The molecule has 0 saturated carbocycles. The molecule has 5 nitrogen and oxygen atoms in total. The molecule has 3 heterocycles. The normalized spacial score (nSPS) is 16.8. The van der Waals surface area contributed by atoms with E-state index in [0.29, 0.717) is 6.04 Å². The third-order valence-corrected chi connectivity index (χ3v) is 6.71. The predicted molar refractivity (Wildman–Crippen MR) is 129 cm³/mol. The van der Waals surface area contributed by atoms with E-state index >= 15 is 0 Å². The Morgan fingerprint density at radius 3 is 2.50 bits per heavy atom. The molecular formula is C27H30N4O. The monoisotopic (exact) mass is 426 g/mol. The number of pyridine rings is 1. The first-order valence-electron chi connectivity index (χ1n) is 11.4. The molecule has 1 atom stereocenters. The van der Waals surface area contributed by atoms with Crippen molar-refractivity contribution in [2.75, 3.05) is 6.54 Å². The maximum atomic E-state index is 12.3. The lowest BCUT2D eigenvalue weighted by Crippen LogP contribution is -2.23. The van der Waals surface area contributed by atoms with E-state index in [1.165, 1.54) is 28.8 Å². The molecule has 5 heteroatoms. The Balaban J connectivity index is 1.41. The summed E-state index contributed by atoms with van der Waals surface area (Å²) in [6.45, 7) is 4.04. The van der Waals surface area contributed by atoms with E-state index in [1.807, 2.05) is 14.1 Å². The highest BCUT2D eigenvalue weighted by Crippen LogP contribution is 2.33. The van der Waals surface area contributed by atoms with Crippen molar-refractivity contribution in [3.63, 3.8) is 0 Å². The highest BCUT2D eigenvalue weighted by Gasteiger charge is 2.27. The molecule has 5 rings (SSSR count). The van der Waals surface area contributed by atoms with Gasteiger partial charge in [-0.2, -0.15) is 0 Å². The first-order valence-corrected chi connectivity index (χ1v) is 11.4. The van der Waals surface area contributed by atoms with Crippen molar-refractivity contribution in [2.45, 2.75) is 38.8 Å². The molecule has 1 aliphatic rings.